The van der Waals surface area contributed by atoms with Crippen LogP contribution in [0.2, 0.25) is 0 Å². The number of anilines is 1. The molecule has 0 saturated carbocycles. The molecule has 0 spiro atoms. The van der Waals surface area contributed by atoms with Gasteiger partial charge in [-0.2, -0.15) is 0 Å². The van der Waals surface area contributed by atoms with E-state index in [2.05, 4.69) is 19.9 Å². The first-order chi connectivity index (χ1) is 11.9. The molecular weight excluding hydrogens is 302 g/mol. The molecule has 4 heterocycles. The van der Waals surface area contributed by atoms with Gasteiger partial charge >= 0.3 is 0 Å². The maximum atomic E-state index is 5.41. The predicted molar refractivity (Wildman–Crippen MR) is 91.5 cm³/mol. The van der Waals surface area contributed by atoms with Crippen LogP contribution in [-0.2, 0) is 4.74 Å². The summed E-state index contributed by atoms with van der Waals surface area (Å²) in [6.45, 7) is 3.03. The molecule has 1 fully saturated rings. The SMILES string of the molecule is c1cncc(-c2nc(N3CCOCC3)ncc2-c2ccncc2)c1. The maximum Gasteiger partial charge on any atom is 0.226 e. The fourth-order valence-electron chi connectivity index (χ4n) is 2.75. The number of aromatic nitrogens is 4. The van der Waals surface area contributed by atoms with Gasteiger partial charge in [0.05, 0.1) is 18.9 Å². The Hall–Kier alpha value is -2.86. The Bertz CT molecular complexity index is 804. The van der Waals surface area contributed by atoms with E-state index in [4.69, 9.17) is 9.72 Å². The van der Waals surface area contributed by atoms with Gasteiger partial charge in [-0.1, -0.05) is 0 Å². The van der Waals surface area contributed by atoms with E-state index in [1.807, 2.05) is 36.7 Å². The first-order valence-electron chi connectivity index (χ1n) is 7.92. The fourth-order valence-corrected chi connectivity index (χ4v) is 2.75. The van der Waals surface area contributed by atoms with Crippen molar-refractivity contribution in [1.29, 1.82) is 0 Å². The molecule has 0 bridgehead atoms. The number of morpholine rings is 1. The molecule has 0 radical (unpaired) electrons. The van der Waals surface area contributed by atoms with E-state index >= 15 is 0 Å². The number of ether oxygens (including phenoxy) is 1. The number of hydrogen-bond acceptors (Lipinski definition) is 6. The van der Waals surface area contributed by atoms with E-state index in [1.54, 1.807) is 18.6 Å². The summed E-state index contributed by atoms with van der Waals surface area (Å²) < 4.78 is 5.41. The minimum atomic E-state index is 0.706. The van der Waals surface area contributed by atoms with Gasteiger partial charge in [-0.25, -0.2) is 9.97 Å². The van der Waals surface area contributed by atoms with Gasteiger partial charge in [-0.15, -0.1) is 0 Å². The molecule has 3 aromatic heterocycles. The lowest BCUT2D eigenvalue weighted by molar-refractivity contribution is 0.122. The van der Waals surface area contributed by atoms with Gasteiger partial charge in [-0.05, 0) is 29.8 Å². The van der Waals surface area contributed by atoms with Gasteiger partial charge < -0.3 is 9.64 Å². The molecule has 24 heavy (non-hydrogen) atoms. The summed E-state index contributed by atoms with van der Waals surface area (Å²) in [7, 11) is 0. The molecular formula is C18H17N5O. The average molecular weight is 319 g/mol. The smallest absolute Gasteiger partial charge is 0.226 e. The maximum absolute atomic E-state index is 5.41. The summed E-state index contributed by atoms with van der Waals surface area (Å²) >= 11 is 0. The molecule has 0 N–H and O–H groups in total. The van der Waals surface area contributed by atoms with Crippen LogP contribution in [-0.4, -0.2) is 46.2 Å². The Morgan fingerprint density at radius 1 is 0.875 bits per heavy atom. The van der Waals surface area contributed by atoms with Crippen molar-refractivity contribution in [2.75, 3.05) is 31.2 Å². The van der Waals surface area contributed by atoms with Crippen LogP contribution in [0.25, 0.3) is 22.4 Å². The molecule has 120 valence electrons. The second kappa shape index (κ2) is 6.72. The summed E-state index contributed by atoms with van der Waals surface area (Å²) in [6, 6.07) is 7.87. The van der Waals surface area contributed by atoms with Gasteiger partial charge in [0.1, 0.15) is 0 Å². The molecule has 0 aliphatic carbocycles. The lowest BCUT2D eigenvalue weighted by atomic mass is 10.0. The molecule has 1 saturated heterocycles. The van der Waals surface area contributed by atoms with Crippen molar-refractivity contribution in [3.8, 4) is 22.4 Å². The standard InChI is InChI=1S/C18H17N5O/c1-2-15(12-20-5-1)17-16(14-3-6-19-7-4-14)13-21-18(22-17)23-8-10-24-11-9-23/h1-7,12-13H,8-11H2. The molecule has 6 heteroatoms. The highest BCUT2D eigenvalue weighted by molar-refractivity contribution is 5.80. The third-order valence-corrected chi connectivity index (χ3v) is 4.00. The van der Waals surface area contributed by atoms with E-state index in [1.165, 1.54) is 0 Å². The van der Waals surface area contributed by atoms with Crippen LogP contribution in [0.4, 0.5) is 5.95 Å². The van der Waals surface area contributed by atoms with Crippen LogP contribution in [0, 0.1) is 0 Å². The highest BCUT2D eigenvalue weighted by Gasteiger charge is 2.17. The Labute approximate surface area is 140 Å². The van der Waals surface area contributed by atoms with Crippen LogP contribution in [0.3, 0.4) is 0 Å². The van der Waals surface area contributed by atoms with E-state index in [-0.39, 0.29) is 0 Å². The second-order valence-electron chi connectivity index (χ2n) is 5.51. The van der Waals surface area contributed by atoms with Crippen LogP contribution in [0.1, 0.15) is 0 Å². The lowest BCUT2D eigenvalue weighted by Crippen LogP contribution is -2.37. The largest absolute Gasteiger partial charge is 0.378 e. The molecule has 4 rings (SSSR count). The van der Waals surface area contributed by atoms with Gasteiger partial charge in [-0.3, -0.25) is 9.97 Å². The number of rotatable bonds is 3. The predicted octanol–water partition coefficient (Wildman–Crippen LogP) is 2.44. The first kappa shape index (κ1) is 14.7. The molecule has 1 aliphatic rings. The van der Waals surface area contributed by atoms with Crippen LogP contribution in [0.15, 0.2) is 55.2 Å². The van der Waals surface area contributed by atoms with Crippen molar-refractivity contribution >= 4 is 5.95 Å². The highest BCUT2D eigenvalue weighted by Crippen LogP contribution is 2.30. The van der Waals surface area contributed by atoms with E-state index in [0.29, 0.717) is 13.2 Å². The van der Waals surface area contributed by atoms with Gasteiger partial charge in [0.25, 0.3) is 0 Å². The van der Waals surface area contributed by atoms with E-state index < -0.39 is 0 Å². The summed E-state index contributed by atoms with van der Waals surface area (Å²) in [6.07, 6.45) is 9.03. The van der Waals surface area contributed by atoms with Crippen molar-refractivity contribution in [2.45, 2.75) is 0 Å². The Morgan fingerprint density at radius 2 is 1.71 bits per heavy atom. The molecule has 3 aromatic rings. The van der Waals surface area contributed by atoms with Crippen molar-refractivity contribution in [3.05, 3.63) is 55.2 Å². The highest BCUT2D eigenvalue weighted by atomic mass is 16.5. The summed E-state index contributed by atoms with van der Waals surface area (Å²) in [4.78, 5) is 19.9. The van der Waals surface area contributed by atoms with Crippen molar-refractivity contribution < 1.29 is 4.74 Å². The van der Waals surface area contributed by atoms with Crippen LogP contribution < -0.4 is 4.90 Å². The Kier molecular flexibility index (Phi) is 4.12. The molecule has 0 aromatic carbocycles. The third-order valence-electron chi connectivity index (χ3n) is 4.00. The average Bonchev–Trinajstić information content (AvgIpc) is 2.69. The number of pyridine rings is 2. The van der Waals surface area contributed by atoms with Crippen molar-refractivity contribution in [3.63, 3.8) is 0 Å². The minimum Gasteiger partial charge on any atom is -0.378 e. The fraction of sp³-hybridized carbons (Fsp3) is 0.222. The van der Waals surface area contributed by atoms with E-state index in [9.17, 15) is 0 Å². The molecule has 0 amide bonds. The lowest BCUT2D eigenvalue weighted by Gasteiger charge is -2.27. The zero-order valence-electron chi connectivity index (χ0n) is 13.2. The van der Waals surface area contributed by atoms with Crippen LogP contribution in [0.5, 0.6) is 0 Å². The van der Waals surface area contributed by atoms with Crippen LogP contribution >= 0.6 is 0 Å². The third kappa shape index (κ3) is 2.96. The van der Waals surface area contributed by atoms with Gasteiger partial charge in [0.2, 0.25) is 5.95 Å². The minimum absolute atomic E-state index is 0.706. The first-order valence-corrected chi connectivity index (χ1v) is 7.92. The van der Waals surface area contributed by atoms with Gasteiger partial charge in [0, 0.05) is 55.2 Å². The molecule has 1 aliphatic heterocycles. The van der Waals surface area contributed by atoms with Crippen molar-refractivity contribution in [1.82, 2.24) is 19.9 Å². The summed E-state index contributed by atoms with van der Waals surface area (Å²) in [5.41, 5.74) is 3.87. The molecule has 0 unspecified atom stereocenters. The second-order valence-corrected chi connectivity index (χ2v) is 5.51. The molecule has 0 atom stereocenters. The van der Waals surface area contributed by atoms with Gasteiger partial charge in [0.15, 0.2) is 0 Å². The summed E-state index contributed by atoms with van der Waals surface area (Å²) in [5, 5.41) is 0. The summed E-state index contributed by atoms with van der Waals surface area (Å²) in [5.74, 6) is 0.731. The molecule has 6 nitrogen and oxygen atoms in total. The monoisotopic (exact) mass is 319 g/mol. The Morgan fingerprint density at radius 3 is 2.46 bits per heavy atom. The quantitative estimate of drug-likeness (QED) is 0.739. The number of hydrogen-bond donors (Lipinski definition) is 0. The van der Waals surface area contributed by atoms with E-state index in [0.717, 1.165) is 41.4 Å². The zero-order chi connectivity index (χ0) is 16.2. The van der Waals surface area contributed by atoms with Crippen molar-refractivity contribution in [2.24, 2.45) is 0 Å². The zero-order valence-corrected chi connectivity index (χ0v) is 13.2. The Balaban J connectivity index is 1.82. The normalized spacial score (nSPS) is 14.6. The number of nitrogens with zero attached hydrogens (tertiary/aromatic N) is 5. The topological polar surface area (TPSA) is 64.0 Å².